The van der Waals surface area contributed by atoms with Gasteiger partial charge in [-0.25, -0.2) is 4.39 Å². The van der Waals surface area contributed by atoms with Crippen molar-refractivity contribution in [2.75, 3.05) is 18.5 Å². The Morgan fingerprint density at radius 3 is 2.79 bits per heavy atom. The number of halogens is 1. The second-order valence-corrected chi connectivity index (χ2v) is 4.91. The molecule has 2 N–H and O–H groups in total. The highest BCUT2D eigenvalue weighted by Crippen LogP contribution is 2.26. The van der Waals surface area contributed by atoms with Crippen molar-refractivity contribution in [1.29, 1.82) is 0 Å². The Bertz CT molecular complexity index is 794. The van der Waals surface area contributed by atoms with Crippen LogP contribution in [0.4, 0.5) is 10.1 Å². The lowest BCUT2D eigenvalue weighted by Gasteiger charge is -2.12. The van der Waals surface area contributed by atoms with E-state index in [9.17, 15) is 4.39 Å². The minimum atomic E-state index is -0.414. The first-order chi connectivity index (χ1) is 11.8. The Morgan fingerprint density at radius 1 is 1.17 bits per heavy atom. The fourth-order valence-corrected chi connectivity index (χ4v) is 2.18. The second-order valence-electron chi connectivity index (χ2n) is 4.91. The van der Waals surface area contributed by atoms with E-state index in [1.807, 2.05) is 30.3 Å². The van der Waals surface area contributed by atoms with Gasteiger partial charge in [0.15, 0.2) is 5.82 Å². The monoisotopic (exact) mass is 329 g/mol. The number of hydrogen-bond acceptors (Lipinski definition) is 6. The van der Waals surface area contributed by atoms with Gasteiger partial charge in [0.05, 0.1) is 24.5 Å². The summed E-state index contributed by atoms with van der Waals surface area (Å²) in [5, 5.41) is 23.7. The van der Waals surface area contributed by atoms with Gasteiger partial charge in [-0.1, -0.05) is 18.2 Å². The third-order valence-corrected chi connectivity index (χ3v) is 3.26. The molecular formula is C16H16FN5O2. The minimum absolute atomic E-state index is 0.0832. The molecule has 2 aromatic carbocycles. The molecule has 3 rings (SSSR count). The Hall–Kier alpha value is -3.00. The fourth-order valence-electron chi connectivity index (χ4n) is 2.18. The van der Waals surface area contributed by atoms with Gasteiger partial charge in [0.2, 0.25) is 0 Å². The highest BCUT2D eigenvalue weighted by molar-refractivity contribution is 5.56. The summed E-state index contributed by atoms with van der Waals surface area (Å²) in [6.45, 7) is 0.255. The number of nitrogens with one attached hydrogen (secondary N) is 1. The average molecular weight is 329 g/mol. The third kappa shape index (κ3) is 3.66. The number of aliphatic hydroxyl groups excluding tert-OH is 1. The molecule has 7 nitrogen and oxygen atoms in total. The van der Waals surface area contributed by atoms with Gasteiger partial charge in [-0.2, -0.15) is 4.68 Å². The highest BCUT2D eigenvalue weighted by Gasteiger charge is 2.10. The Labute approximate surface area is 137 Å². The maximum atomic E-state index is 13.4. The maximum Gasteiger partial charge on any atom is 0.175 e. The summed E-state index contributed by atoms with van der Waals surface area (Å²) in [5.41, 5.74) is 1.43. The van der Waals surface area contributed by atoms with Gasteiger partial charge >= 0.3 is 0 Å². The van der Waals surface area contributed by atoms with Gasteiger partial charge in [-0.3, -0.25) is 0 Å². The summed E-state index contributed by atoms with van der Waals surface area (Å²) in [4.78, 5) is 0. The first-order valence-corrected chi connectivity index (χ1v) is 7.37. The quantitative estimate of drug-likeness (QED) is 0.687. The molecule has 0 amide bonds. The number of hydrogen-bond donors (Lipinski definition) is 2. The van der Waals surface area contributed by atoms with E-state index >= 15 is 0 Å². The van der Waals surface area contributed by atoms with E-state index in [0.29, 0.717) is 23.8 Å². The van der Waals surface area contributed by atoms with Crippen molar-refractivity contribution < 1.29 is 14.2 Å². The van der Waals surface area contributed by atoms with E-state index in [2.05, 4.69) is 20.8 Å². The van der Waals surface area contributed by atoms with Crippen LogP contribution < -0.4 is 10.1 Å². The van der Waals surface area contributed by atoms with Crippen molar-refractivity contribution in [2.45, 2.75) is 6.54 Å². The van der Waals surface area contributed by atoms with Crippen LogP contribution in [0.1, 0.15) is 5.82 Å². The lowest BCUT2D eigenvalue weighted by molar-refractivity contribution is 0.201. The van der Waals surface area contributed by atoms with Crippen molar-refractivity contribution in [3.05, 3.63) is 60.2 Å². The predicted octanol–water partition coefficient (Wildman–Crippen LogP) is 1.78. The molecule has 1 aromatic heterocycles. The topological polar surface area (TPSA) is 85.1 Å². The molecule has 1 heterocycles. The van der Waals surface area contributed by atoms with E-state index in [1.54, 1.807) is 10.7 Å². The second kappa shape index (κ2) is 7.51. The first-order valence-electron chi connectivity index (χ1n) is 7.37. The molecule has 0 unspecified atom stereocenters. The summed E-state index contributed by atoms with van der Waals surface area (Å²) in [6, 6.07) is 13.7. The summed E-state index contributed by atoms with van der Waals surface area (Å²) < 4.78 is 20.3. The van der Waals surface area contributed by atoms with Gasteiger partial charge in [-0.05, 0) is 34.7 Å². The minimum Gasteiger partial charge on any atom is -0.489 e. The van der Waals surface area contributed by atoms with Crippen LogP contribution in [-0.4, -0.2) is 38.5 Å². The zero-order valence-corrected chi connectivity index (χ0v) is 12.8. The number of nitrogens with zero attached hydrogens (tertiary/aromatic N) is 4. The largest absolute Gasteiger partial charge is 0.489 e. The van der Waals surface area contributed by atoms with Crippen molar-refractivity contribution in [3.8, 4) is 11.4 Å². The average Bonchev–Trinajstić information content (AvgIpc) is 3.08. The van der Waals surface area contributed by atoms with Gasteiger partial charge < -0.3 is 15.2 Å². The van der Waals surface area contributed by atoms with Gasteiger partial charge in [0, 0.05) is 6.07 Å². The zero-order chi connectivity index (χ0) is 16.8. The molecular weight excluding hydrogens is 313 g/mol. The van der Waals surface area contributed by atoms with Crippen molar-refractivity contribution in [2.24, 2.45) is 0 Å². The molecule has 3 aromatic rings. The molecule has 0 fully saturated rings. The lowest BCUT2D eigenvalue weighted by atomic mass is 10.2. The van der Waals surface area contributed by atoms with Crippen molar-refractivity contribution >= 4 is 5.69 Å². The fraction of sp³-hybridized carbons (Fsp3) is 0.188. The first kappa shape index (κ1) is 15.9. The number of ether oxygens (including phenoxy) is 1. The van der Waals surface area contributed by atoms with E-state index in [-0.39, 0.29) is 13.2 Å². The molecule has 0 aliphatic heterocycles. The molecule has 0 aliphatic carbocycles. The Balaban J connectivity index is 1.76. The number of para-hydroxylation sites is 1. The Kier molecular flexibility index (Phi) is 4.97. The van der Waals surface area contributed by atoms with E-state index in [0.717, 1.165) is 5.69 Å². The SMILES string of the molecule is OCCOc1cc(F)ccc1NCc1nnnn1-c1ccccc1. The molecule has 8 heteroatoms. The van der Waals surface area contributed by atoms with Gasteiger partial charge in [-0.15, -0.1) is 5.10 Å². The van der Waals surface area contributed by atoms with Crippen LogP contribution in [0.3, 0.4) is 0 Å². The molecule has 0 atom stereocenters. The molecule has 0 saturated carbocycles. The number of anilines is 1. The van der Waals surface area contributed by atoms with Crippen LogP contribution >= 0.6 is 0 Å². The summed E-state index contributed by atoms with van der Waals surface area (Å²) in [6.07, 6.45) is 0. The van der Waals surface area contributed by atoms with Gasteiger partial charge in [0.1, 0.15) is 18.2 Å². The van der Waals surface area contributed by atoms with Crippen LogP contribution in [0.5, 0.6) is 5.75 Å². The number of aromatic nitrogens is 4. The van der Waals surface area contributed by atoms with Crippen LogP contribution in [0.2, 0.25) is 0 Å². The van der Waals surface area contributed by atoms with Crippen LogP contribution in [-0.2, 0) is 6.54 Å². The number of benzene rings is 2. The van der Waals surface area contributed by atoms with Crippen LogP contribution in [0.15, 0.2) is 48.5 Å². The molecule has 0 bridgehead atoms. The molecule has 0 saturated heterocycles. The summed E-state index contributed by atoms with van der Waals surface area (Å²) in [5.74, 6) is 0.504. The van der Waals surface area contributed by atoms with Gasteiger partial charge in [0.25, 0.3) is 0 Å². The van der Waals surface area contributed by atoms with Crippen molar-refractivity contribution in [1.82, 2.24) is 20.2 Å². The van der Waals surface area contributed by atoms with E-state index in [1.165, 1.54) is 12.1 Å². The van der Waals surface area contributed by atoms with Crippen molar-refractivity contribution in [3.63, 3.8) is 0 Å². The molecule has 124 valence electrons. The summed E-state index contributed by atoms with van der Waals surface area (Å²) in [7, 11) is 0. The molecule has 0 aliphatic rings. The normalized spacial score (nSPS) is 10.6. The highest BCUT2D eigenvalue weighted by atomic mass is 19.1. The van der Waals surface area contributed by atoms with Crippen LogP contribution in [0, 0.1) is 5.82 Å². The third-order valence-electron chi connectivity index (χ3n) is 3.26. The number of rotatable bonds is 7. The van der Waals surface area contributed by atoms with E-state index < -0.39 is 5.82 Å². The number of tetrazole rings is 1. The maximum absolute atomic E-state index is 13.4. The molecule has 24 heavy (non-hydrogen) atoms. The molecule has 0 spiro atoms. The smallest absolute Gasteiger partial charge is 0.175 e. The van der Waals surface area contributed by atoms with Crippen LogP contribution in [0.25, 0.3) is 5.69 Å². The standard InChI is InChI=1S/C16H16FN5O2/c17-12-6-7-14(15(10-12)24-9-8-23)18-11-16-19-20-21-22(16)13-4-2-1-3-5-13/h1-7,10,18,23H,8-9,11H2. The predicted molar refractivity (Wildman–Crippen MR) is 85.5 cm³/mol. The summed E-state index contributed by atoms with van der Waals surface area (Å²) >= 11 is 0. The zero-order valence-electron chi connectivity index (χ0n) is 12.8. The van der Waals surface area contributed by atoms with E-state index in [4.69, 9.17) is 9.84 Å². The molecule has 0 radical (unpaired) electrons. The number of aliphatic hydroxyl groups is 1. The lowest BCUT2D eigenvalue weighted by Crippen LogP contribution is -2.10. The Morgan fingerprint density at radius 2 is 2.00 bits per heavy atom.